The Kier molecular flexibility index (Phi) is 4.62. The first kappa shape index (κ1) is 20.3. The zero-order valence-corrected chi connectivity index (χ0v) is 17.5. The second-order valence-corrected chi connectivity index (χ2v) is 7.49. The van der Waals surface area contributed by atoms with Crippen LogP contribution in [0.25, 0.3) is 11.0 Å². The molecule has 4 aromatic rings. The number of fused-ring (bicyclic) bond motifs is 2. The maximum absolute atomic E-state index is 13.4. The number of amides is 2. The maximum atomic E-state index is 13.4. The van der Waals surface area contributed by atoms with Crippen molar-refractivity contribution in [3.8, 4) is 12.3 Å². The number of aliphatic hydroxyl groups is 1. The highest BCUT2D eigenvalue weighted by Crippen LogP contribution is 2.45. The van der Waals surface area contributed by atoms with E-state index in [4.69, 9.17) is 6.42 Å². The summed E-state index contributed by atoms with van der Waals surface area (Å²) in [5, 5.41) is 14.6. The Balaban J connectivity index is 1.69. The molecular weight excluding hydrogens is 420 g/mol. The van der Waals surface area contributed by atoms with E-state index in [0.29, 0.717) is 39.0 Å². The van der Waals surface area contributed by atoms with Crippen LogP contribution in [0.15, 0.2) is 66.7 Å². The van der Waals surface area contributed by atoms with E-state index in [9.17, 15) is 14.7 Å². The molecule has 1 aromatic heterocycles. The first-order chi connectivity index (χ1) is 16.0. The number of terminal acetylenes is 1. The lowest BCUT2D eigenvalue weighted by molar-refractivity contribution is 0.0704. The van der Waals surface area contributed by atoms with Crippen molar-refractivity contribution in [3.63, 3.8) is 0 Å². The molecule has 0 radical (unpaired) electrons. The van der Waals surface area contributed by atoms with Crippen LogP contribution in [0.3, 0.4) is 0 Å². The van der Waals surface area contributed by atoms with Gasteiger partial charge >= 0.3 is 6.09 Å². The van der Waals surface area contributed by atoms with Crippen molar-refractivity contribution >= 4 is 34.7 Å². The average Bonchev–Trinajstić information content (AvgIpc) is 3.34. The first-order valence-electron chi connectivity index (χ1n) is 10.0. The van der Waals surface area contributed by atoms with Gasteiger partial charge in [0.25, 0.3) is 5.91 Å². The first-order valence-corrected chi connectivity index (χ1v) is 10.0. The molecule has 2 amide bonds. The van der Waals surface area contributed by atoms with E-state index in [1.807, 2.05) is 0 Å². The molecule has 1 aliphatic rings. The Morgan fingerprint density at radius 2 is 2.00 bits per heavy atom. The fourth-order valence-corrected chi connectivity index (χ4v) is 4.12. The fourth-order valence-electron chi connectivity index (χ4n) is 4.12. The Labute approximate surface area is 188 Å². The Morgan fingerprint density at radius 3 is 2.79 bits per heavy atom. The summed E-state index contributed by atoms with van der Waals surface area (Å²) < 4.78 is 4.60. The molecule has 162 valence electrons. The van der Waals surface area contributed by atoms with Gasteiger partial charge in [0.1, 0.15) is 0 Å². The molecule has 33 heavy (non-hydrogen) atoms. The van der Waals surface area contributed by atoms with E-state index >= 15 is 0 Å². The van der Waals surface area contributed by atoms with E-state index in [-0.39, 0.29) is 11.9 Å². The van der Waals surface area contributed by atoms with Crippen molar-refractivity contribution < 1.29 is 19.4 Å². The zero-order valence-electron chi connectivity index (χ0n) is 17.5. The molecule has 8 heteroatoms. The summed E-state index contributed by atoms with van der Waals surface area (Å²) in [5.74, 6) is 2.41. The van der Waals surface area contributed by atoms with Crippen molar-refractivity contribution in [2.24, 2.45) is 0 Å². The number of carbonyl (C=O) groups excluding carboxylic acids is 2. The number of imidazole rings is 1. The molecule has 1 unspecified atom stereocenters. The third-order valence-corrected chi connectivity index (χ3v) is 5.62. The Bertz CT molecular complexity index is 1470. The summed E-state index contributed by atoms with van der Waals surface area (Å²) in [6.45, 7) is 0. The monoisotopic (exact) mass is 438 g/mol. The molecule has 3 aromatic carbocycles. The molecule has 1 atom stereocenters. The zero-order chi connectivity index (χ0) is 23.2. The molecule has 0 saturated carbocycles. The molecule has 0 saturated heterocycles. The number of hydrogen-bond donors (Lipinski definition) is 3. The molecular formula is C25H18N4O4. The SMILES string of the molecule is C#Cc1cccc(N2C(=O)c3ccccc3C2(O)c2ccc3nc(NC(=O)OC)[nH]c3c2)c1. The number of aromatic nitrogens is 2. The second kappa shape index (κ2) is 7.51. The Morgan fingerprint density at radius 1 is 1.18 bits per heavy atom. The van der Waals surface area contributed by atoms with Gasteiger partial charge in [-0.05, 0) is 36.4 Å². The lowest BCUT2D eigenvalue weighted by atomic mass is 9.93. The largest absolute Gasteiger partial charge is 0.453 e. The van der Waals surface area contributed by atoms with Gasteiger partial charge in [-0.25, -0.2) is 9.78 Å². The van der Waals surface area contributed by atoms with E-state index in [1.54, 1.807) is 66.7 Å². The van der Waals surface area contributed by atoms with Gasteiger partial charge in [-0.2, -0.15) is 0 Å². The minimum absolute atomic E-state index is 0.197. The normalized spacial score (nSPS) is 17.0. The van der Waals surface area contributed by atoms with Crippen molar-refractivity contribution in [1.29, 1.82) is 0 Å². The predicted molar refractivity (Wildman–Crippen MR) is 123 cm³/mol. The van der Waals surface area contributed by atoms with Crippen LogP contribution < -0.4 is 10.2 Å². The fraction of sp³-hybridized carbons (Fsp3) is 0.0800. The van der Waals surface area contributed by atoms with E-state index in [2.05, 4.69) is 25.9 Å². The predicted octanol–water partition coefficient (Wildman–Crippen LogP) is 3.58. The number of aromatic amines is 1. The van der Waals surface area contributed by atoms with Gasteiger partial charge in [-0.3, -0.25) is 15.0 Å². The minimum Gasteiger partial charge on any atom is -0.453 e. The van der Waals surface area contributed by atoms with Crippen LogP contribution in [0.5, 0.6) is 0 Å². The Hall–Kier alpha value is -4.61. The van der Waals surface area contributed by atoms with Gasteiger partial charge in [0, 0.05) is 27.9 Å². The van der Waals surface area contributed by atoms with E-state index in [0.717, 1.165) is 0 Å². The number of rotatable bonds is 3. The summed E-state index contributed by atoms with van der Waals surface area (Å²) in [7, 11) is 1.25. The van der Waals surface area contributed by atoms with Crippen LogP contribution >= 0.6 is 0 Å². The number of nitrogens with one attached hydrogen (secondary N) is 2. The summed E-state index contributed by atoms with van der Waals surface area (Å²) in [5.41, 5.74) is 1.65. The highest BCUT2D eigenvalue weighted by molar-refractivity contribution is 6.12. The van der Waals surface area contributed by atoms with Gasteiger partial charge < -0.3 is 14.8 Å². The molecule has 1 aliphatic heterocycles. The molecule has 0 bridgehead atoms. The standard InChI is InChI=1S/C25H18N4O4/c1-3-15-7-6-8-17(13-15)29-22(30)18-9-4-5-10-19(18)25(29,32)16-11-12-20-21(14-16)27-23(26-20)28-24(31)33-2/h1,4-14,32H,2H3,(H2,26,27,28,31). The van der Waals surface area contributed by atoms with Crippen molar-refractivity contribution in [2.75, 3.05) is 17.3 Å². The van der Waals surface area contributed by atoms with E-state index in [1.165, 1.54) is 12.0 Å². The van der Waals surface area contributed by atoms with E-state index < -0.39 is 11.8 Å². The molecule has 8 nitrogen and oxygen atoms in total. The van der Waals surface area contributed by atoms with Gasteiger partial charge in [0.15, 0.2) is 5.72 Å². The summed E-state index contributed by atoms with van der Waals surface area (Å²) >= 11 is 0. The highest BCUT2D eigenvalue weighted by Gasteiger charge is 2.50. The lowest BCUT2D eigenvalue weighted by Crippen LogP contribution is -2.45. The number of H-pyrrole nitrogens is 1. The smallest absolute Gasteiger partial charge is 0.413 e. The van der Waals surface area contributed by atoms with Crippen LogP contribution in [0.1, 0.15) is 27.0 Å². The van der Waals surface area contributed by atoms with Crippen LogP contribution in [0.4, 0.5) is 16.4 Å². The lowest BCUT2D eigenvalue weighted by Gasteiger charge is -2.35. The summed E-state index contributed by atoms with van der Waals surface area (Å²) in [6.07, 6.45) is 4.89. The number of anilines is 2. The third kappa shape index (κ3) is 3.11. The van der Waals surface area contributed by atoms with Crippen LogP contribution in [0.2, 0.25) is 0 Å². The third-order valence-electron chi connectivity index (χ3n) is 5.62. The molecule has 2 heterocycles. The van der Waals surface area contributed by atoms with Crippen molar-refractivity contribution in [1.82, 2.24) is 9.97 Å². The number of methoxy groups -OCH3 is 1. The maximum Gasteiger partial charge on any atom is 0.413 e. The minimum atomic E-state index is -1.80. The quantitative estimate of drug-likeness (QED) is 0.424. The molecule has 0 spiro atoms. The van der Waals surface area contributed by atoms with Gasteiger partial charge in [-0.15, -0.1) is 6.42 Å². The van der Waals surface area contributed by atoms with Crippen molar-refractivity contribution in [3.05, 3.63) is 89.0 Å². The van der Waals surface area contributed by atoms with Gasteiger partial charge in [0.05, 0.1) is 18.1 Å². The van der Waals surface area contributed by atoms with Gasteiger partial charge in [-0.1, -0.05) is 36.3 Å². The average molecular weight is 438 g/mol. The second-order valence-electron chi connectivity index (χ2n) is 7.49. The summed E-state index contributed by atoms with van der Waals surface area (Å²) in [6, 6.07) is 18.9. The number of ether oxygens (including phenoxy) is 1. The number of hydrogen-bond acceptors (Lipinski definition) is 5. The summed E-state index contributed by atoms with van der Waals surface area (Å²) in [4.78, 5) is 33.6. The van der Waals surface area contributed by atoms with Crippen molar-refractivity contribution in [2.45, 2.75) is 5.72 Å². The topological polar surface area (TPSA) is 108 Å². The number of nitrogens with zero attached hydrogens (tertiary/aromatic N) is 2. The van der Waals surface area contributed by atoms with Crippen LogP contribution in [0, 0.1) is 12.3 Å². The van der Waals surface area contributed by atoms with Crippen LogP contribution in [-0.2, 0) is 10.5 Å². The highest BCUT2D eigenvalue weighted by atomic mass is 16.5. The number of benzene rings is 3. The van der Waals surface area contributed by atoms with Gasteiger partial charge in [0.2, 0.25) is 5.95 Å². The molecule has 0 fully saturated rings. The van der Waals surface area contributed by atoms with Crippen LogP contribution in [-0.4, -0.2) is 34.2 Å². The molecule has 5 rings (SSSR count). The number of carbonyl (C=O) groups is 2. The molecule has 3 N–H and O–H groups in total. The molecule has 0 aliphatic carbocycles.